The third-order valence-corrected chi connectivity index (χ3v) is 6.26. The fourth-order valence-corrected chi connectivity index (χ4v) is 4.53. The minimum atomic E-state index is -0.157. The van der Waals surface area contributed by atoms with Crippen LogP contribution in [0.1, 0.15) is 22.3 Å². The molecule has 0 heterocycles. The van der Waals surface area contributed by atoms with E-state index in [-0.39, 0.29) is 14.4 Å². The molecule has 0 N–H and O–H groups in total. The number of hydrogen-bond acceptors (Lipinski definition) is 1. The molecule has 0 amide bonds. The van der Waals surface area contributed by atoms with Gasteiger partial charge in [0.25, 0.3) is 0 Å². The highest BCUT2D eigenvalue weighted by Gasteiger charge is 2.11. The number of aryl methyl sites for hydroxylation is 1. The third-order valence-electron chi connectivity index (χ3n) is 4.93. The molecule has 1 atom stereocenters. The van der Waals surface area contributed by atoms with Crippen molar-refractivity contribution in [3.8, 4) is 5.75 Å². The van der Waals surface area contributed by atoms with Gasteiger partial charge >= 0.3 is 0 Å². The maximum Gasteiger partial charge on any atom is 0.131 e. The molecule has 0 aliphatic rings. The second-order valence-corrected chi connectivity index (χ2v) is 8.70. The number of hydrogen-bond donors (Lipinski definition) is 0. The van der Waals surface area contributed by atoms with Crippen molar-refractivity contribution in [1.29, 1.82) is 0 Å². The summed E-state index contributed by atoms with van der Waals surface area (Å²) in [6.07, 6.45) is 0.841. The third kappa shape index (κ3) is 5.34. The Labute approximate surface area is 179 Å². The van der Waals surface area contributed by atoms with Gasteiger partial charge in [-0.25, -0.2) is 4.39 Å². The number of halogens is 1. The van der Waals surface area contributed by atoms with Crippen LogP contribution in [0.3, 0.4) is 0 Å². The fourth-order valence-electron chi connectivity index (χ4n) is 3.34. The zero-order valence-corrected chi connectivity index (χ0v) is 17.9. The van der Waals surface area contributed by atoms with E-state index in [9.17, 15) is 4.39 Å². The first-order valence-corrected chi connectivity index (χ1v) is 11.0. The Morgan fingerprint density at radius 3 is 2.10 bits per heavy atom. The van der Waals surface area contributed by atoms with E-state index in [0.717, 1.165) is 28.6 Å². The predicted molar refractivity (Wildman–Crippen MR) is 125 cm³/mol. The van der Waals surface area contributed by atoms with Gasteiger partial charge in [-0.2, -0.15) is 0 Å². The highest BCUT2D eigenvalue weighted by Crippen LogP contribution is 2.24. The minimum absolute atomic E-state index is 0.157. The standard InChI is InChI=1S/C27H24FOP/c1-20-12-15-26(24(28)16-20)30-27-18-23(17-21-8-4-2-5-9-21)13-14-25(27)29-19-22-10-6-3-7-11-22/h2-16,18,30H,17,19H2,1H3. The van der Waals surface area contributed by atoms with Gasteiger partial charge in [0.1, 0.15) is 18.2 Å². The molecular weight excluding hydrogens is 390 g/mol. The molecule has 3 heteroatoms. The summed E-state index contributed by atoms with van der Waals surface area (Å²) in [5.41, 5.74) is 4.50. The van der Waals surface area contributed by atoms with Crippen LogP contribution >= 0.6 is 8.58 Å². The van der Waals surface area contributed by atoms with Crippen molar-refractivity contribution < 1.29 is 9.13 Å². The molecule has 0 radical (unpaired) electrons. The van der Waals surface area contributed by atoms with Crippen LogP contribution in [0.4, 0.5) is 4.39 Å². The van der Waals surface area contributed by atoms with E-state index in [1.165, 1.54) is 11.1 Å². The van der Waals surface area contributed by atoms with Crippen LogP contribution < -0.4 is 15.3 Å². The molecule has 0 saturated heterocycles. The SMILES string of the molecule is Cc1ccc(Pc2cc(Cc3ccccc3)ccc2OCc2ccccc2)c(F)c1. The smallest absolute Gasteiger partial charge is 0.131 e. The summed E-state index contributed by atoms with van der Waals surface area (Å²) in [6, 6.07) is 32.2. The lowest BCUT2D eigenvalue weighted by molar-refractivity contribution is 0.309. The van der Waals surface area contributed by atoms with Crippen LogP contribution in [0.5, 0.6) is 5.75 Å². The summed E-state index contributed by atoms with van der Waals surface area (Å²) in [5.74, 6) is 0.657. The molecule has 0 aromatic heterocycles. The molecule has 1 unspecified atom stereocenters. The Balaban J connectivity index is 1.62. The molecule has 4 aromatic carbocycles. The molecule has 0 bridgehead atoms. The average molecular weight is 414 g/mol. The molecule has 1 nitrogen and oxygen atoms in total. The Bertz CT molecular complexity index is 1110. The molecule has 4 rings (SSSR count). The van der Waals surface area contributed by atoms with Crippen molar-refractivity contribution >= 4 is 19.2 Å². The molecule has 4 aromatic rings. The highest BCUT2D eigenvalue weighted by molar-refractivity contribution is 7.55. The van der Waals surface area contributed by atoms with Gasteiger partial charge in [-0.1, -0.05) is 87.4 Å². The normalized spacial score (nSPS) is 11.1. The van der Waals surface area contributed by atoms with E-state index in [1.54, 1.807) is 6.07 Å². The Morgan fingerprint density at radius 1 is 0.700 bits per heavy atom. The summed E-state index contributed by atoms with van der Waals surface area (Å²) in [7, 11) is 0.195. The monoisotopic (exact) mass is 414 g/mol. The van der Waals surface area contributed by atoms with Gasteiger partial charge in [0.15, 0.2) is 0 Å². The van der Waals surface area contributed by atoms with Crippen LogP contribution in [0.25, 0.3) is 0 Å². The van der Waals surface area contributed by atoms with Crippen molar-refractivity contribution in [2.45, 2.75) is 20.0 Å². The molecule has 0 saturated carbocycles. The highest BCUT2D eigenvalue weighted by atomic mass is 31.1. The summed E-state index contributed by atoms with van der Waals surface area (Å²) < 4.78 is 20.7. The molecule has 0 spiro atoms. The van der Waals surface area contributed by atoms with Gasteiger partial charge in [0, 0.05) is 10.6 Å². The minimum Gasteiger partial charge on any atom is -0.488 e. The van der Waals surface area contributed by atoms with E-state index < -0.39 is 0 Å². The first-order valence-electron chi connectivity index (χ1n) is 10.0. The first kappa shape index (κ1) is 20.3. The Morgan fingerprint density at radius 2 is 1.40 bits per heavy atom. The van der Waals surface area contributed by atoms with Crippen molar-refractivity contribution in [3.05, 3.63) is 125 Å². The quantitative estimate of drug-likeness (QED) is 0.341. The second-order valence-electron chi connectivity index (χ2n) is 7.38. The second kappa shape index (κ2) is 9.69. The summed E-state index contributed by atoms with van der Waals surface area (Å²) >= 11 is 0. The maximum absolute atomic E-state index is 14.5. The van der Waals surface area contributed by atoms with E-state index in [1.807, 2.05) is 61.5 Å². The molecular formula is C27H24FOP. The van der Waals surface area contributed by atoms with E-state index in [2.05, 4.69) is 36.4 Å². The molecule has 30 heavy (non-hydrogen) atoms. The summed E-state index contributed by atoms with van der Waals surface area (Å²) in [5, 5.41) is 1.74. The molecule has 0 aliphatic heterocycles. The van der Waals surface area contributed by atoms with Crippen molar-refractivity contribution in [3.63, 3.8) is 0 Å². The molecule has 0 fully saturated rings. The van der Waals surface area contributed by atoms with Gasteiger partial charge in [-0.15, -0.1) is 0 Å². The van der Waals surface area contributed by atoms with Crippen LogP contribution in [0.15, 0.2) is 97.1 Å². The Kier molecular flexibility index (Phi) is 6.57. The lowest BCUT2D eigenvalue weighted by Gasteiger charge is -2.14. The van der Waals surface area contributed by atoms with Gasteiger partial charge in [0.2, 0.25) is 0 Å². The predicted octanol–water partition coefficient (Wildman–Crippen LogP) is 5.93. The molecule has 0 aliphatic carbocycles. The summed E-state index contributed by atoms with van der Waals surface area (Å²) in [4.78, 5) is 0. The largest absolute Gasteiger partial charge is 0.488 e. The van der Waals surface area contributed by atoms with Gasteiger partial charge in [0.05, 0.1) is 0 Å². The lowest BCUT2D eigenvalue weighted by atomic mass is 10.1. The summed E-state index contributed by atoms with van der Waals surface area (Å²) in [6.45, 7) is 2.40. The first-order chi connectivity index (χ1) is 14.7. The van der Waals surface area contributed by atoms with Crippen molar-refractivity contribution in [2.24, 2.45) is 0 Å². The van der Waals surface area contributed by atoms with E-state index >= 15 is 0 Å². The van der Waals surface area contributed by atoms with Crippen LogP contribution in [0.2, 0.25) is 0 Å². The van der Waals surface area contributed by atoms with Crippen molar-refractivity contribution in [1.82, 2.24) is 0 Å². The van der Waals surface area contributed by atoms with Gasteiger partial charge in [-0.3, -0.25) is 0 Å². The average Bonchev–Trinajstić information content (AvgIpc) is 2.76. The van der Waals surface area contributed by atoms with Crippen LogP contribution in [0, 0.1) is 12.7 Å². The van der Waals surface area contributed by atoms with Crippen molar-refractivity contribution in [2.75, 3.05) is 0 Å². The molecule has 150 valence electrons. The maximum atomic E-state index is 14.5. The van der Waals surface area contributed by atoms with E-state index in [4.69, 9.17) is 4.74 Å². The topological polar surface area (TPSA) is 9.23 Å². The van der Waals surface area contributed by atoms with E-state index in [0.29, 0.717) is 11.9 Å². The van der Waals surface area contributed by atoms with Crippen LogP contribution in [-0.4, -0.2) is 0 Å². The zero-order chi connectivity index (χ0) is 20.8. The number of benzene rings is 4. The zero-order valence-electron chi connectivity index (χ0n) is 16.9. The van der Waals surface area contributed by atoms with Crippen LogP contribution in [-0.2, 0) is 13.0 Å². The lowest BCUT2D eigenvalue weighted by Crippen LogP contribution is -2.12. The Hall–Kier alpha value is -2.96. The number of ether oxygens (including phenoxy) is 1. The van der Waals surface area contributed by atoms with Gasteiger partial charge in [-0.05, 0) is 53.8 Å². The fraction of sp³-hybridized carbons (Fsp3) is 0.111. The number of rotatable bonds is 7. The van der Waals surface area contributed by atoms with Gasteiger partial charge < -0.3 is 4.74 Å².